The number of nitrogens with one attached hydrogen (secondary N) is 2. The third-order valence-corrected chi connectivity index (χ3v) is 2.77. The van der Waals surface area contributed by atoms with Crippen molar-refractivity contribution in [1.82, 2.24) is 20.5 Å². The Bertz CT molecular complexity index is 513. The van der Waals surface area contributed by atoms with E-state index in [4.69, 9.17) is 9.47 Å². The maximum Gasteiger partial charge on any atom is 0.231 e. The third kappa shape index (κ3) is 2.43. The molecule has 1 aromatic heterocycles. The van der Waals surface area contributed by atoms with Gasteiger partial charge >= 0.3 is 0 Å². The molecule has 0 saturated heterocycles. The van der Waals surface area contributed by atoms with Gasteiger partial charge in [0.25, 0.3) is 0 Å². The van der Waals surface area contributed by atoms with Gasteiger partial charge in [0.1, 0.15) is 12.2 Å². The SMILES string of the molecule is c1n[nH]c(CCNCc2ccc3c(c2)OCO3)n1. The predicted molar refractivity (Wildman–Crippen MR) is 64.4 cm³/mol. The summed E-state index contributed by atoms with van der Waals surface area (Å²) in [5, 5.41) is 9.98. The number of aromatic nitrogens is 3. The molecule has 94 valence electrons. The first kappa shape index (κ1) is 11.0. The van der Waals surface area contributed by atoms with E-state index >= 15 is 0 Å². The van der Waals surface area contributed by atoms with Crippen LogP contribution >= 0.6 is 0 Å². The van der Waals surface area contributed by atoms with Crippen molar-refractivity contribution < 1.29 is 9.47 Å². The highest BCUT2D eigenvalue weighted by molar-refractivity contribution is 5.44. The lowest BCUT2D eigenvalue weighted by atomic mass is 10.2. The number of hydrogen-bond donors (Lipinski definition) is 2. The maximum absolute atomic E-state index is 5.33. The van der Waals surface area contributed by atoms with E-state index < -0.39 is 0 Å². The molecule has 1 aliphatic heterocycles. The molecular formula is C12H14N4O2. The quantitative estimate of drug-likeness (QED) is 0.766. The summed E-state index contributed by atoms with van der Waals surface area (Å²) in [7, 11) is 0. The van der Waals surface area contributed by atoms with E-state index in [1.807, 2.05) is 18.2 Å². The molecule has 2 aromatic rings. The lowest BCUT2D eigenvalue weighted by molar-refractivity contribution is 0.174. The molecule has 0 saturated carbocycles. The number of fused-ring (bicyclic) bond motifs is 1. The fourth-order valence-electron chi connectivity index (χ4n) is 1.84. The Hall–Kier alpha value is -2.08. The summed E-state index contributed by atoms with van der Waals surface area (Å²) < 4.78 is 10.6. The molecule has 2 N–H and O–H groups in total. The monoisotopic (exact) mass is 246 g/mol. The maximum atomic E-state index is 5.33. The number of H-pyrrole nitrogens is 1. The highest BCUT2D eigenvalue weighted by atomic mass is 16.7. The number of rotatable bonds is 5. The zero-order chi connectivity index (χ0) is 12.2. The molecule has 1 aromatic carbocycles. The molecule has 0 radical (unpaired) electrons. The van der Waals surface area contributed by atoms with Crippen LogP contribution in [-0.4, -0.2) is 28.5 Å². The molecule has 18 heavy (non-hydrogen) atoms. The van der Waals surface area contributed by atoms with Crippen molar-refractivity contribution >= 4 is 0 Å². The Morgan fingerprint density at radius 1 is 1.28 bits per heavy atom. The van der Waals surface area contributed by atoms with E-state index in [2.05, 4.69) is 20.5 Å². The Morgan fingerprint density at radius 3 is 3.11 bits per heavy atom. The summed E-state index contributed by atoms with van der Waals surface area (Å²) in [6.07, 6.45) is 2.36. The molecule has 6 nitrogen and oxygen atoms in total. The van der Waals surface area contributed by atoms with Gasteiger partial charge in [-0.25, -0.2) is 4.98 Å². The second-order valence-corrected chi connectivity index (χ2v) is 4.05. The number of nitrogens with zero attached hydrogens (tertiary/aromatic N) is 2. The summed E-state index contributed by atoms with van der Waals surface area (Å²) >= 11 is 0. The third-order valence-electron chi connectivity index (χ3n) is 2.77. The van der Waals surface area contributed by atoms with Crippen LogP contribution in [0.25, 0.3) is 0 Å². The fraction of sp³-hybridized carbons (Fsp3) is 0.333. The van der Waals surface area contributed by atoms with Crippen LogP contribution in [0.3, 0.4) is 0 Å². The van der Waals surface area contributed by atoms with Gasteiger partial charge in [0, 0.05) is 19.5 Å². The van der Waals surface area contributed by atoms with E-state index in [-0.39, 0.29) is 0 Å². The van der Waals surface area contributed by atoms with Crippen molar-refractivity contribution in [2.75, 3.05) is 13.3 Å². The topological polar surface area (TPSA) is 72.1 Å². The Balaban J connectivity index is 1.48. The van der Waals surface area contributed by atoms with Crippen molar-refractivity contribution in [2.24, 2.45) is 0 Å². The van der Waals surface area contributed by atoms with E-state index in [0.29, 0.717) is 6.79 Å². The molecule has 0 spiro atoms. The molecule has 0 aliphatic carbocycles. The minimum atomic E-state index is 0.317. The molecule has 0 fully saturated rings. The normalized spacial score (nSPS) is 12.9. The Morgan fingerprint density at radius 2 is 2.22 bits per heavy atom. The van der Waals surface area contributed by atoms with Gasteiger partial charge in [-0.05, 0) is 17.7 Å². The van der Waals surface area contributed by atoms with Crippen molar-refractivity contribution in [1.29, 1.82) is 0 Å². The van der Waals surface area contributed by atoms with Gasteiger partial charge in [-0.3, -0.25) is 5.10 Å². The first-order chi connectivity index (χ1) is 8.92. The number of aromatic amines is 1. The molecule has 3 rings (SSSR count). The van der Waals surface area contributed by atoms with Crippen LogP contribution in [0.1, 0.15) is 11.4 Å². The first-order valence-corrected chi connectivity index (χ1v) is 5.85. The Labute approximate surface area is 104 Å². The van der Waals surface area contributed by atoms with E-state index in [1.54, 1.807) is 0 Å². The van der Waals surface area contributed by atoms with Crippen molar-refractivity contribution in [3.05, 3.63) is 35.9 Å². The van der Waals surface area contributed by atoms with E-state index in [1.165, 1.54) is 11.9 Å². The smallest absolute Gasteiger partial charge is 0.231 e. The number of hydrogen-bond acceptors (Lipinski definition) is 5. The van der Waals surface area contributed by atoms with Gasteiger partial charge in [0.2, 0.25) is 6.79 Å². The van der Waals surface area contributed by atoms with Crippen LogP contribution < -0.4 is 14.8 Å². The molecule has 6 heteroatoms. The lowest BCUT2D eigenvalue weighted by Crippen LogP contribution is -2.17. The highest BCUT2D eigenvalue weighted by Crippen LogP contribution is 2.32. The minimum absolute atomic E-state index is 0.317. The van der Waals surface area contributed by atoms with Gasteiger partial charge in [-0.15, -0.1) is 0 Å². The standard InChI is InChI=1S/C12H14N4O2/c1-2-10-11(18-8-17-10)5-9(1)6-13-4-3-12-14-7-15-16-12/h1-2,5,7,13H,3-4,6,8H2,(H,14,15,16). The molecule has 0 atom stereocenters. The number of ether oxygens (including phenoxy) is 2. The van der Waals surface area contributed by atoms with Crippen LogP contribution in [0, 0.1) is 0 Å². The van der Waals surface area contributed by atoms with Crippen molar-refractivity contribution in [3.8, 4) is 11.5 Å². The summed E-state index contributed by atoms with van der Waals surface area (Å²) in [6, 6.07) is 5.98. The van der Waals surface area contributed by atoms with Gasteiger partial charge in [0.05, 0.1) is 0 Å². The molecule has 0 bridgehead atoms. The summed E-state index contributed by atoms with van der Waals surface area (Å²) in [6.45, 7) is 1.96. The zero-order valence-electron chi connectivity index (χ0n) is 9.85. The van der Waals surface area contributed by atoms with Crippen molar-refractivity contribution in [2.45, 2.75) is 13.0 Å². The average molecular weight is 246 g/mol. The van der Waals surface area contributed by atoms with Gasteiger partial charge in [-0.1, -0.05) is 6.07 Å². The molecule has 2 heterocycles. The second-order valence-electron chi connectivity index (χ2n) is 4.05. The van der Waals surface area contributed by atoms with Crippen LogP contribution in [-0.2, 0) is 13.0 Å². The van der Waals surface area contributed by atoms with Crippen LogP contribution in [0.4, 0.5) is 0 Å². The van der Waals surface area contributed by atoms with Gasteiger partial charge < -0.3 is 14.8 Å². The zero-order valence-corrected chi connectivity index (χ0v) is 9.85. The number of benzene rings is 1. The summed E-state index contributed by atoms with van der Waals surface area (Å²) in [5.41, 5.74) is 1.18. The summed E-state index contributed by atoms with van der Waals surface area (Å²) in [4.78, 5) is 4.06. The molecule has 0 unspecified atom stereocenters. The van der Waals surface area contributed by atoms with E-state index in [9.17, 15) is 0 Å². The Kier molecular flexibility index (Phi) is 3.10. The fourth-order valence-corrected chi connectivity index (χ4v) is 1.84. The molecule has 0 amide bonds. The second kappa shape index (κ2) is 5.05. The van der Waals surface area contributed by atoms with Crippen molar-refractivity contribution in [3.63, 3.8) is 0 Å². The minimum Gasteiger partial charge on any atom is -0.454 e. The lowest BCUT2D eigenvalue weighted by Gasteiger charge is -2.04. The predicted octanol–water partition coefficient (Wildman–Crippen LogP) is 0.866. The van der Waals surface area contributed by atoms with Crippen LogP contribution in [0.2, 0.25) is 0 Å². The largest absolute Gasteiger partial charge is 0.454 e. The van der Waals surface area contributed by atoms with Gasteiger partial charge in [-0.2, -0.15) is 5.10 Å². The first-order valence-electron chi connectivity index (χ1n) is 5.85. The van der Waals surface area contributed by atoms with Crippen LogP contribution in [0.15, 0.2) is 24.5 Å². The highest BCUT2D eigenvalue weighted by Gasteiger charge is 2.12. The van der Waals surface area contributed by atoms with E-state index in [0.717, 1.165) is 36.8 Å². The van der Waals surface area contributed by atoms with Crippen LogP contribution in [0.5, 0.6) is 11.5 Å². The average Bonchev–Trinajstić information content (AvgIpc) is 3.05. The molecular weight excluding hydrogens is 232 g/mol. The summed E-state index contributed by atoms with van der Waals surface area (Å²) in [5.74, 6) is 2.54. The van der Waals surface area contributed by atoms with Gasteiger partial charge in [0.15, 0.2) is 11.5 Å². The molecule has 1 aliphatic rings.